The van der Waals surface area contributed by atoms with Gasteiger partial charge in [0.1, 0.15) is 0 Å². The van der Waals surface area contributed by atoms with E-state index in [1.54, 1.807) is 13.8 Å². The van der Waals surface area contributed by atoms with Gasteiger partial charge in [-0.15, -0.1) is 0 Å². The Labute approximate surface area is 239 Å². The molecular weight excluding hydrogens is 580 g/mol. The average Bonchev–Trinajstić information content (AvgIpc) is 2.84. The van der Waals surface area contributed by atoms with E-state index in [0.717, 1.165) is 21.7 Å². The minimum absolute atomic E-state index is 0.0443. The van der Waals surface area contributed by atoms with Crippen molar-refractivity contribution in [3.8, 4) is 0 Å². The number of esters is 1. The highest BCUT2D eigenvalue weighted by Gasteiger charge is 2.60. The predicted octanol–water partition coefficient (Wildman–Crippen LogP) is 5.39. The van der Waals surface area contributed by atoms with E-state index in [4.69, 9.17) is 14.2 Å². The number of benzene rings is 1. The molecule has 1 saturated heterocycles. The SMILES string of the molecule is Cc1ccc(CN2CCN(C(=O)OC(C(F)(F)F)C(F)(F)F)CC2)c(NCCCC(=O)OC(C)OC(=O)OC(C)C)c1. The Kier molecular flexibility index (Phi) is 12.6. The number of aryl methyl sites for hydroxylation is 1. The van der Waals surface area contributed by atoms with Gasteiger partial charge >= 0.3 is 30.6 Å². The molecule has 1 atom stereocenters. The van der Waals surface area contributed by atoms with Crippen LogP contribution in [0.4, 0.5) is 41.6 Å². The number of anilines is 1. The summed E-state index contributed by atoms with van der Waals surface area (Å²) in [4.78, 5) is 38.2. The molecule has 1 N–H and O–H groups in total. The molecule has 1 heterocycles. The zero-order valence-electron chi connectivity index (χ0n) is 23.6. The van der Waals surface area contributed by atoms with Crippen molar-refractivity contribution >= 4 is 23.9 Å². The number of ether oxygens (including phenoxy) is 4. The molecule has 1 amide bonds. The molecule has 2 rings (SSSR count). The van der Waals surface area contributed by atoms with Gasteiger partial charge in [-0.05, 0) is 44.4 Å². The van der Waals surface area contributed by atoms with Crippen molar-refractivity contribution in [1.29, 1.82) is 0 Å². The van der Waals surface area contributed by atoms with Gasteiger partial charge in [0.2, 0.25) is 6.29 Å². The first-order chi connectivity index (χ1) is 19.5. The number of alkyl halides is 6. The van der Waals surface area contributed by atoms with Crippen LogP contribution in [0.25, 0.3) is 0 Å². The Morgan fingerprint density at radius 1 is 0.905 bits per heavy atom. The summed E-state index contributed by atoms with van der Waals surface area (Å²) in [5.74, 6) is -0.570. The van der Waals surface area contributed by atoms with Crippen molar-refractivity contribution in [3.05, 3.63) is 29.3 Å². The van der Waals surface area contributed by atoms with Crippen molar-refractivity contribution < 1.29 is 59.7 Å². The molecule has 1 aliphatic heterocycles. The third kappa shape index (κ3) is 11.8. The number of rotatable bonds is 11. The number of amides is 1. The van der Waals surface area contributed by atoms with Gasteiger partial charge in [-0.3, -0.25) is 9.69 Å². The molecule has 1 aliphatic rings. The fourth-order valence-electron chi connectivity index (χ4n) is 3.90. The number of hydrogen-bond acceptors (Lipinski definition) is 9. The maximum Gasteiger partial charge on any atom is 0.511 e. The third-order valence-electron chi connectivity index (χ3n) is 5.87. The first kappa shape index (κ1) is 34.8. The topological polar surface area (TPSA) is 107 Å². The maximum absolute atomic E-state index is 12.7. The number of hydrogen-bond donors (Lipinski definition) is 1. The first-order valence-electron chi connectivity index (χ1n) is 13.2. The Hall–Kier alpha value is -3.43. The molecule has 10 nitrogen and oxygen atoms in total. The molecule has 0 aromatic heterocycles. The van der Waals surface area contributed by atoms with Crippen LogP contribution in [0.5, 0.6) is 0 Å². The van der Waals surface area contributed by atoms with Crippen LogP contribution < -0.4 is 5.32 Å². The second kappa shape index (κ2) is 15.2. The number of carbonyl (C=O) groups excluding carboxylic acids is 3. The van der Waals surface area contributed by atoms with Crippen molar-refractivity contribution in [2.24, 2.45) is 0 Å². The monoisotopic (exact) mass is 615 g/mol. The second-order valence-electron chi connectivity index (χ2n) is 9.89. The lowest BCUT2D eigenvalue weighted by molar-refractivity contribution is -0.308. The molecule has 1 aromatic rings. The molecule has 1 unspecified atom stereocenters. The number of carbonyl (C=O) groups is 3. The van der Waals surface area contributed by atoms with E-state index in [1.807, 2.05) is 30.0 Å². The summed E-state index contributed by atoms with van der Waals surface area (Å²) >= 11 is 0. The zero-order chi connectivity index (χ0) is 31.7. The zero-order valence-corrected chi connectivity index (χ0v) is 23.6. The van der Waals surface area contributed by atoms with Crippen LogP contribution >= 0.6 is 0 Å². The highest BCUT2D eigenvalue weighted by atomic mass is 19.4. The van der Waals surface area contributed by atoms with E-state index in [9.17, 15) is 40.7 Å². The molecule has 0 radical (unpaired) electrons. The van der Waals surface area contributed by atoms with Gasteiger partial charge in [0.05, 0.1) is 6.10 Å². The average molecular weight is 616 g/mol. The summed E-state index contributed by atoms with van der Waals surface area (Å²) in [5, 5.41) is 3.25. The maximum atomic E-state index is 12.7. The van der Waals surface area contributed by atoms with Gasteiger partial charge in [-0.2, -0.15) is 26.3 Å². The lowest BCUT2D eigenvalue weighted by Gasteiger charge is -2.35. The van der Waals surface area contributed by atoms with Gasteiger partial charge in [-0.1, -0.05) is 12.1 Å². The van der Waals surface area contributed by atoms with Crippen molar-refractivity contribution in [3.63, 3.8) is 0 Å². The molecule has 1 fully saturated rings. The molecule has 0 aliphatic carbocycles. The van der Waals surface area contributed by atoms with Crippen LogP contribution in [-0.4, -0.2) is 91.6 Å². The molecular formula is C26H35F6N3O7. The van der Waals surface area contributed by atoms with Crippen LogP contribution in [0.1, 0.15) is 44.7 Å². The lowest BCUT2D eigenvalue weighted by Crippen LogP contribution is -2.52. The van der Waals surface area contributed by atoms with Crippen LogP contribution in [0, 0.1) is 6.92 Å². The van der Waals surface area contributed by atoms with E-state index in [1.165, 1.54) is 6.92 Å². The highest BCUT2D eigenvalue weighted by Crippen LogP contribution is 2.36. The summed E-state index contributed by atoms with van der Waals surface area (Å²) in [6.07, 6.45) is -19.4. The Morgan fingerprint density at radius 3 is 2.10 bits per heavy atom. The van der Waals surface area contributed by atoms with Crippen LogP contribution in [-0.2, 0) is 30.3 Å². The van der Waals surface area contributed by atoms with Gasteiger partial charge in [0.15, 0.2) is 0 Å². The first-order valence-corrected chi connectivity index (χ1v) is 13.2. The summed E-state index contributed by atoms with van der Waals surface area (Å²) in [7, 11) is 0. The predicted molar refractivity (Wildman–Crippen MR) is 136 cm³/mol. The summed E-state index contributed by atoms with van der Waals surface area (Å²) in [6, 6.07) is 5.65. The van der Waals surface area contributed by atoms with Crippen LogP contribution in [0.2, 0.25) is 0 Å². The minimum Gasteiger partial charge on any atom is -0.431 e. The normalized spacial score (nSPS) is 15.4. The summed E-state index contributed by atoms with van der Waals surface area (Å²) < 4.78 is 94.8. The van der Waals surface area contributed by atoms with Gasteiger partial charge in [0.25, 0.3) is 6.10 Å². The fourth-order valence-corrected chi connectivity index (χ4v) is 3.90. The lowest BCUT2D eigenvalue weighted by atomic mass is 10.1. The van der Waals surface area contributed by atoms with Crippen molar-refractivity contribution in [1.82, 2.24) is 9.80 Å². The second-order valence-corrected chi connectivity index (χ2v) is 9.89. The molecule has 42 heavy (non-hydrogen) atoms. The van der Waals surface area contributed by atoms with E-state index in [-0.39, 0.29) is 38.7 Å². The van der Waals surface area contributed by atoms with E-state index >= 15 is 0 Å². The quantitative estimate of drug-likeness (QED) is 0.115. The Morgan fingerprint density at radius 2 is 1.52 bits per heavy atom. The number of nitrogens with zero attached hydrogens (tertiary/aromatic N) is 2. The molecule has 0 saturated carbocycles. The summed E-state index contributed by atoms with van der Waals surface area (Å²) in [5.41, 5.74) is 2.59. The third-order valence-corrected chi connectivity index (χ3v) is 5.87. The van der Waals surface area contributed by atoms with Crippen LogP contribution in [0.15, 0.2) is 18.2 Å². The van der Waals surface area contributed by atoms with Crippen molar-refractivity contribution in [2.75, 3.05) is 38.0 Å². The van der Waals surface area contributed by atoms with Crippen molar-refractivity contribution in [2.45, 2.75) is 77.9 Å². The van der Waals surface area contributed by atoms with E-state index in [2.05, 4.69) is 10.1 Å². The minimum atomic E-state index is -5.78. The van der Waals surface area contributed by atoms with Gasteiger partial charge in [-0.25, -0.2) is 9.59 Å². The largest absolute Gasteiger partial charge is 0.511 e. The Bertz CT molecular complexity index is 1050. The fraction of sp³-hybridized carbons (Fsp3) is 0.654. The summed E-state index contributed by atoms with van der Waals surface area (Å²) in [6.45, 7) is 7.52. The molecule has 238 valence electrons. The Balaban J connectivity index is 1.83. The molecule has 1 aromatic carbocycles. The number of halogens is 6. The van der Waals surface area contributed by atoms with Crippen LogP contribution in [0.3, 0.4) is 0 Å². The molecule has 0 spiro atoms. The molecule has 0 bridgehead atoms. The van der Waals surface area contributed by atoms with Gasteiger partial charge in [0, 0.05) is 58.3 Å². The number of nitrogens with one attached hydrogen (secondary N) is 1. The number of piperazine rings is 1. The smallest absolute Gasteiger partial charge is 0.431 e. The van der Waals surface area contributed by atoms with E-state index < -0.39 is 43.0 Å². The van der Waals surface area contributed by atoms with Gasteiger partial charge < -0.3 is 29.2 Å². The van der Waals surface area contributed by atoms with E-state index in [0.29, 0.717) is 19.5 Å². The molecule has 16 heteroatoms. The highest BCUT2D eigenvalue weighted by molar-refractivity contribution is 5.70. The standard InChI is InChI=1S/C26H35F6N3O7/c1-16(2)39-24(38)41-18(4)40-21(36)6-5-9-33-20-14-17(3)7-8-19(20)15-34-10-12-35(13-11-34)23(37)42-22(25(27,28)29)26(30,31)32/h7-8,14,16,18,22,33H,5-6,9-13,15H2,1-4H3.